The van der Waals surface area contributed by atoms with Crippen molar-refractivity contribution in [1.82, 2.24) is 4.90 Å². The van der Waals surface area contributed by atoms with Crippen molar-refractivity contribution in [1.29, 1.82) is 0 Å². The summed E-state index contributed by atoms with van der Waals surface area (Å²) in [5, 5.41) is 11.2. The molecule has 2 aromatic carbocycles. The molecule has 2 unspecified atom stereocenters. The van der Waals surface area contributed by atoms with E-state index in [2.05, 4.69) is 54.3 Å². The molecule has 0 aromatic heterocycles. The SMILES string of the molecule is CCCC1(c2cccc(N)c2)C2CN(CC3(O)Cc4ccccc4C3)CC21. The van der Waals surface area contributed by atoms with E-state index in [9.17, 15) is 5.11 Å². The molecule has 3 N–H and O–H groups in total. The summed E-state index contributed by atoms with van der Waals surface area (Å²) in [4.78, 5) is 2.52. The van der Waals surface area contributed by atoms with Gasteiger partial charge < -0.3 is 10.8 Å². The summed E-state index contributed by atoms with van der Waals surface area (Å²) in [5.41, 5.74) is 10.8. The molecule has 5 rings (SSSR count). The van der Waals surface area contributed by atoms with Crippen LogP contribution in [0.3, 0.4) is 0 Å². The second-order valence-corrected chi connectivity index (χ2v) is 9.17. The van der Waals surface area contributed by atoms with Crippen molar-refractivity contribution in [3.05, 3.63) is 65.2 Å². The minimum Gasteiger partial charge on any atom is -0.399 e. The number of nitrogens with zero attached hydrogens (tertiary/aromatic N) is 1. The molecule has 2 fully saturated rings. The first-order chi connectivity index (χ1) is 13.0. The number of nitrogen functional groups attached to an aromatic ring is 1. The molecule has 0 radical (unpaired) electrons. The first-order valence-corrected chi connectivity index (χ1v) is 10.4. The zero-order chi connectivity index (χ0) is 18.6. The van der Waals surface area contributed by atoms with Gasteiger partial charge in [-0.05, 0) is 47.1 Å². The molecule has 3 aliphatic rings. The minimum absolute atomic E-state index is 0.321. The summed E-state index contributed by atoms with van der Waals surface area (Å²) in [5.74, 6) is 1.43. The second-order valence-electron chi connectivity index (χ2n) is 9.17. The van der Waals surface area contributed by atoms with Gasteiger partial charge in [0.25, 0.3) is 0 Å². The highest BCUT2D eigenvalue weighted by atomic mass is 16.3. The van der Waals surface area contributed by atoms with Gasteiger partial charge in [-0.3, -0.25) is 4.90 Å². The van der Waals surface area contributed by atoms with Crippen molar-refractivity contribution in [2.75, 3.05) is 25.4 Å². The third-order valence-electron chi connectivity index (χ3n) is 7.37. The Morgan fingerprint density at radius 1 is 1.04 bits per heavy atom. The number of benzene rings is 2. The first-order valence-electron chi connectivity index (χ1n) is 10.4. The predicted molar refractivity (Wildman–Crippen MR) is 110 cm³/mol. The topological polar surface area (TPSA) is 49.5 Å². The van der Waals surface area contributed by atoms with Crippen LogP contribution >= 0.6 is 0 Å². The lowest BCUT2D eigenvalue weighted by Crippen LogP contribution is -2.45. The average Bonchev–Trinajstić information content (AvgIpc) is 2.95. The van der Waals surface area contributed by atoms with Crippen LogP contribution in [-0.4, -0.2) is 35.2 Å². The van der Waals surface area contributed by atoms with Gasteiger partial charge in [-0.1, -0.05) is 49.7 Å². The third-order valence-corrected chi connectivity index (χ3v) is 7.37. The molecule has 1 saturated carbocycles. The van der Waals surface area contributed by atoms with Gasteiger partial charge in [0.15, 0.2) is 0 Å². The van der Waals surface area contributed by atoms with Crippen LogP contribution in [-0.2, 0) is 18.3 Å². The van der Waals surface area contributed by atoms with Crippen LogP contribution in [0.4, 0.5) is 5.69 Å². The number of nitrogens with two attached hydrogens (primary N) is 1. The highest BCUT2D eigenvalue weighted by Gasteiger charge is 2.67. The maximum Gasteiger partial charge on any atom is 0.0854 e. The van der Waals surface area contributed by atoms with Crippen LogP contribution in [0.25, 0.3) is 0 Å². The summed E-state index contributed by atoms with van der Waals surface area (Å²) in [7, 11) is 0. The van der Waals surface area contributed by atoms with E-state index in [0.29, 0.717) is 17.3 Å². The molecule has 1 saturated heterocycles. The van der Waals surface area contributed by atoms with Crippen molar-refractivity contribution >= 4 is 5.69 Å². The number of fused-ring (bicyclic) bond motifs is 2. The van der Waals surface area contributed by atoms with Gasteiger partial charge in [0, 0.05) is 43.6 Å². The Bertz CT molecular complexity index is 824. The molecule has 1 aliphatic heterocycles. The van der Waals surface area contributed by atoms with E-state index in [1.165, 1.54) is 29.5 Å². The van der Waals surface area contributed by atoms with Gasteiger partial charge in [-0.25, -0.2) is 0 Å². The second kappa shape index (κ2) is 6.08. The van der Waals surface area contributed by atoms with Gasteiger partial charge in [0.05, 0.1) is 5.60 Å². The van der Waals surface area contributed by atoms with Crippen LogP contribution < -0.4 is 5.73 Å². The van der Waals surface area contributed by atoms with Gasteiger partial charge >= 0.3 is 0 Å². The maximum atomic E-state index is 11.2. The smallest absolute Gasteiger partial charge is 0.0854 e. The Labute approximate surface area is 162 Å². The Balaban J connectivity index is 1.29. The number of hydrogen-bond acceptors (Lipinski definition) is 3. The van der Waals surface area contributed by atoms with Gasteiger partial charge in [-0.15, -0.1) is 0 Å². The summed E-state index contributed by atoms with van der Waals surface area (Å²) < 4.78 is 0. The lowest BCUT2D eigenvalue weighted by atomic mass is 9.85. The monoisotopic (exact) mass is 362 g/mol. The molecule has 0 spiro atoms. The number of rotatable bonds is 5. The minimum atomic E-state index is -0.592. The summed E-state index contributed by atoms with van der Waals surface area (Å²) >= 11 is 0. The molecule has 1 heterocycles. The molecule has 2 aromatic rings. The Hall–Kier alpha value is -1.84. The number of aliphatic hydroxyl groups is 1. The fraction of sp³-hybridized carbons (Fsp3) is 0.500. The van der Waals surface area contributed by atoms with Gasteiger partial charge in [0.2, 0.25) is 0 Å². The molecular weight excluding hydrogens is 332 g/mol. The van der Waals surface area contributed by atoms with Gasteiger partial charge in [-0.2, -0.15) is 0 Å². The van der Waals surface area contributed by atoms with Crippen LogP contribution in [0.15, 0.2) is 48.5 Å². The van der Waals surface area contributed by atoms with E-state index >= 15 is 0 Å². The van der Waals surface area contributed by atoms with E-state index in [0.717, 1.165) is 38.2 Å². The first kappa shape index (κ1) is 17.3. The van der Waals surface area contributed by atoms with Crippen molar-refractivity contribution in [3.8, 4) is 0 Å². The highest BCUT2D eigenvalue weighted by molar-refractivity contribution is 5.48. The molecule has 0 amide bonds. The summed E-state index contributed by atoms with van der Waals surface area (Å²) in [6, 6.07) is 17.1. The lowest BCUT2D eigenvalue weighted by molar-refractivity contribution is 0.0138. The fourth-order valence-electron chi connectivity index (χ4n) is 6.33. The molecule has 0 bridgehead atoms. The summed E-state index contributed by atoms with van der Waals surface area (Å²) in [6.07, 6.45) is 4.05. The van der Waals surface area contributed by atoms with Crippen LogP contribution in [0.1, 0.15) is 36.5 Å². The number of hydrogen-bond donors (Lipinski definition) is 2. The van der Waals surface area contributed by atoms with E-state index < -0.39 is 5.60 Å². The highest BCUT2D eigenvalue weighted by Crippen LogP contribution is 2.66. The number of anilines is 1. The molecule has 2 atom stereocenters. The van der Waals surface area contributed by atoms with E-state index in [1.807, 2.05) is 6.07 Å². The largest absolute Gasteiger partial charge is 0.399 e. The summed E-state index contributed by atoms with van der Waals surface area (Å²) in [6.45, 7) is 5.31. The van der Waals surface area contributed by atoms with Crippen LogP contribution in [0.5, 0.6) is 0 Å². The Kier molecular flexibility index (Phi) is 3.89. The van der Waals surface area contributed by atoms with Crippen molar-refractivity contribution in [3.63, 3.8) is 0 Å². The number of β-amino-alcohol motifs (C(OH)–C–C–N with tert-alkyl or cyclic N) is 1. The van der Waals surface area contributed by atoms with Gasteiger partial charge in [0.1, 0.15) is 0 Å². The molecule has 3 heteroatoms. The van der Waals surface area contributed by atoms with E-state index in [1.54, 1.807) is 0 Å². The Morgan fingerprint density at radius 2 is 1.70 bits per heavy atom. The van der Waals surface area contributed by atoms with Crippen molar-refractivity contribution in [2.24, 2.45) is 11.8 Å². The molecule has 2 aliphatic carbocycles. The molecule has 142 valence electrons. The van der Waals surface area contributed by atoms with E-state index in [-0.39, 0.29) is 0 Å². The zero-order valence-corrected chi connectivity index (χ0v) is 16.2. The molecule has 27 heavy (non-hydrogen) atoms. The predicted octanol–water partition coefficient (Wildman–Crippen LogP) is 3.40. The molecule has 3 nitrogen and oxygen atoms in total. The lowest BCUT2D eigenvalue weighted by Gasteiger charge is -2.32. The third kappa shape index (κ3) is 2.71. The zero-order valence-electron chi connectivity index (χ0n) is 16.2. The average molecular weight is 363 g/mol. The van der Waals surface area contributed by atoms with Crippen molar-refractivity contribution in [2.45, 2.75) is 43.6 Å². The van der Waals surface area contributed by atoms with Crippen LogP contribution in [0, 0.1) is 11.8 Å². The maximum absolute atomic E-state index is 11.2. The number of piperidine rings is 1. The molecular formula is C24H30N2O. The standard InChI is InChI=1S/C24H30N2O/c1-2-10-24(19-8-5-9-20(25)11-19)21-14-26(15-22(21)24)16-23(27)12-17-6-3-4-7-18(17)13-23/h3-9,11,21-22,27H,2,10,12-16,25H2,1H3. The van der Waals surface area contributed by atoms with Crippen LogP contribution in [0.2, 0.25) is 0 Å². The number of likely N-dealkylation sites (tertiary alicyclic amines) is 1. The normalized spacial score (nSPS) is 30.9. The van der Waals surface area contributed by atoms with E-state index in [4.69, 9.17) is 5.73 Å². The Morgan fingerprint density at radius 3 is 2.30 bits per heavy atom. The quantitative estimate of drug-likeness (QED) is 0.802. The fourth-order valence-corrected chi connectivity index (χ4v) is 6.33. The van der Waals surface area contributed by atoms with Crippen molar-refractivity contribution < 1.29 is 5.11 Å².